The third kappa shape index (κ3) is 2.75. The minimum absolute atomic E-state index is 0.133. The molecule has 0 bridgehead atoms. The molecular formula is C12H17F2N. The molecule has 1 atom stereocenters. The average Bonchev–Trinajstić information content (AvgIpc) is 2.18. The van der Waals surface area contributed by atoms with Crippen molar-refractivity contribution in [2.75, 3.05) is 6.54 Å². The summed E-state index contributed by atoms with van der Waals surface area (Å²) in [6, 6.07) is 8.83. The fraction of sp³-hybridized carbons (Fsp3) is 0.500. The van der Waals surface area contributed by atoms with E-state index in [-0.39, 0.29) is 5.92 Å². The molecule has 0 aliphatic heterocycles. The van der Waals surface area contributed by atoms with Gasteiger partial charge in [0.05, 0.1) is 12.5 Å². The van der Waals surface area contributed by atoms with Crippen LogP contribution in [0, 0.1) is 5.92 Å². The van der Waals surface area contributed by atoms with E-state index in [1.54, 1.807) is 38.1 Å². The molecule has 1 nitrogen and oxygen atoms in total. The first kappa shape index (κ1) is 12.1. The molecule has 0 saturated heterocycles. The highest BCUT2D eigenvalue weighted by Gasteiger charge is 2.40. The standard InChI is InChI=1S/C12H17F2N/c1-9(2)11(12(13,14)8-15)10-6-4-3-5-7-10/h3-7,9,11H,8,15H2,1-2H3. The van der Waals surface area contributed by atoms with Crippen LogP contribution in [-0.2, 0) is 0 Å². The summed E-state index contributed by atoms with van der Waals surface area (Å²) in [5.74, 6) is -3.77. The van der Waals surface area contributed by atoms with Gasteiger partial charge in [-0.1, -0.05) is 44.2 Å². The Morgan fingerprint density at radius 3 is 2.13 bits per heavy atom. The predicted octanol–water partition coefficient (Wildman–Crippen LogP) is 3.02. The second-order valence-corrected chi connectivity index (χ2v) is 4.10. The molecule has 0 aliphatic rings. The first-order chi connectivity index (χ1) is 6.99. The second kappa shape index (κ2) is 4.71. The maximum atomic E-state index is 13.6. The Hall–Kier alpha value is -0.960. The fourth-order valence-corrected chi connectivity index (χ4v) is 1.90. The van der Waals surface area contributed by atoms with Gasteiger partial charge >= 0.3 is 0 Å². The monoisotopic (exact) mass is 213 g/mol. The van der Waals surface area contributed by atoms with Gasteiger partial charge in [-0.05, 0) is 11.5 Å². The van der Waals surface area contributed by atoms with Gasteiger partial charge in [-0.25, -0.2) is 8.78 Å². The van der Waals surface area contributed by atoms with Crippen LogP contribution in [0.15, 0.2) is 30.3 Å². The number of benzene rings is 1. The van der Waals surface area contributed by atoms with E-state index in [2.05, 4.69) is 0 Å². The molecule has 2 N–H and O–H groups in total. The van der Waals surface area contributed by atoms with Crippen molar-refractivity contribution >= 4 is 0 Å². The lowest BCUT2D eigenvalue weighted by Gasteiger charge is -2.29. The summed E-state index contributed by atoms with van der Waals surface area (Å²) >= 11 is 0. The van der Waals surface area contributed by atoms with Gasteiger partial charge in [0.1, 0.15) is 0 Å². The minimum Gasteiger partial charge on any atom is -0.325 e. The highest BCUT2D eigenvalue weighted by atomic mass is 19.3. The summed E-state index contributed by atoms with van der Waals surface area (Å²) in [7, 11) is 0. The predicted molar refractivity (Wildman–Crippen MR) is 58.0 cm³/mol. The van der Waals surface area contributed by atoms with Crippen LogP contribution in [0.1, 0.15) is 25.3 Å². The quantitative estimate of drug-likeness (QED) is 0.817. The van der Waals surface area contributed by atoms with Crippen LogP contribution in [0.2, 0.25) is 0 Å². The molecule has 0 spiro atoms. The van der Waals surface area contributed by atoms with Gasteiger partial charge in [-0.2, -0.15) is 0 Å². The minimum atomic E-state index is -2.84. The van der Waals surface area contributed by atoms with Gasteiger partial charge in [0.2, 0.25) is 0 Å². The van der Waals surface area contributed by atoms with E-state index in [1.165, 1.54) is 0 Å². The molecule has 15 heavy (non-hydrogen) atoms. The zero-order valence-electron chi connectivity index (χ0n) is 9.08. The molecule has 0 saturated carbocycles. The van der Waals surface area contributed by atoms with E-state index in [1.807, 2.05) is 6.07 Å². The van der Waals surface area contributed by atoms with Gasteiger partial charge in [0.25, 0.3) is 5.92 Å². The highest BCUT2D eigenvalue weighted by Crippen LogP contribution is 2.38. The third-order valence-electron chi connectivity index (χ3n) is 2.55. The highest BCUT2D eigenvalue weighted by molar-refractivity contribution is 5.22. The first-order valence-corrected chi connectivity index (χ1v) is 5.12. The number of hydrogen-bond donors (Lipinski definition) is 1. The Kier molecular flexibility index (Phi) is 3.80. The Balaban J connectivity index is 3.04. The van der Waals surface area contributed by atoms with Crippen molar-refractivity contribution < 1.29 is 8.78 Å². The molecule has 0 aromatic heterocycles. The van der Waals surface area contributed by atoms with Crippen LogP contribution in [0.4, 0.5) is 8.78 Å². The SMILES string of the molecule is CC(C)C(c1ccccc1)C(F)(F)CN. The van der Waals surface area contributed by atoms with E-state index in [9.17, 15) is 8.78 Å². The van der Waals surface area contributed by atoms with Crippen molar-refractivity contribution in [3.05, 3.63) is 35.9 Å². The van der Waals surface area contributed by atoms with Crippen LogP contribution >= 0.6 is 0 Å². The Bertz CT molecular complexity index is 296. The lowest BCUT2D eigenvalue weighted by atomic mass is 9.83. The van der Waals surface area contributed by atoms with Gasteiger partial charge in [0, 0.05) is 0 Å². The number of alkyl halides is 2. The van der Waals surface area contributed by atoms with Crippen molar-refractivity contribution in [3.63, 3.8) is 0 Å². The largest absolute Gasteiger partial charge is 0.325 e. The fourth-order valence-electron chi connectivity index (χ4n) is 1.90. The first-order valence-electron chi connectivity index (χ1n) is 5.12. The van der Waals surface area contributed by atoms with Crippen LogP contribution in [0.5, 0.6) is 0 Å². The van der Waals surface area contributed by atoms with E-state index in [0.717, 1.165) is 0 Å². The Morgan fingerprint density at radius 1 is 1.20 bits per heavy atom. The summed E-state index contributed by atoms with van der Waals surface area (Å²) in [6.07, 6.45) is 0. The smallest absolute Gasteiger partial charge is 0.267 e. The molecule has 1 unspecified atom stereocenters. The van der Waals surface area contributed by atoms with Crippen LogP contribution in [0.3, 0.4) is 0 Å². The summed E-state index contributed by atoms with van der Waals surface area (Å²) in [5.41, 5.74) is 5.79. The summed E-state index contributed by atoms with van der Waals surface area (Å²) in [4.78, 5) is 0. The maximum absolute atomic E-state index is 13.6. The van der Waals surface area contributed by atoms with Gasteiger partial charge in [-0.15, -0.1) is 0 Å². The van der Waals surface area contributed by atoms with Gasteiger partial charge < -0.3 is 5.73 Å². The van der Waals surface area contributed by atoms with Gasteiger partial charge in [-0.3, -0.25) is 0 Å². The van der Waals surface area contributed by atoms with Crippen molar-refractivity contribution in [1.29, 1.82) is 0 Å². The second-order valence-electron chi connectivity index (χ2n) is 4.10. The molecule has 1 aromatic carbocycles. The Morgan fingerprint density at radius 2 is 1.73 bits per heavy atom. The van der Waals surface area contributed by atoms with Crippen molar-refractivity contribution in [3.8, 4) is 0 Å². The third-order valence-corrected chi connectivity index (χ3v) is 2.55. The molecule has 0 heterocycles. The van der Waals surface area contributed by atoms with E-state index < -0.39 is 18.4 Å². The summed E-state index contributed by atoms with van der Waals surface area (Å²) < 4.78 is 27.3. The lowest BCUT2D eigenvalue weighted by Crippen LogP contribution is -2.37. The topological polar surface area (TPSA) is 26.0 Å². The van der Waals surface area contributed by atoms with E-state index in [4.69, 9.17) is 5.73 Å². The summed E-state index contributed by atoms with van der Waals surface area (Å²) in [6.45, 7) is 2.98. The maximum Gasteiger partial charge on any atom is 0.267 e. The molecule has 0 aliphatic carbocycles. The number of hydrogen-bond acceptors (Lipinski definition) is 1. The van der Waals surface area contributed by atoms with Crippen LogP contribution in [-0.4, -0.2) is 12.5 Å². The number of rotatable bonds is 4. The molecule has 0 radical (unpaired) electrons. The molecular weight excluding hydrogens is 196 g/mol. The zero-order chi connectivity index (χ0) is 11.5. The molecule has 0 fully saturated rings. The summed E-state index contributed by atoms with van der Waals surface area (Å²) in [5, 5.41) is 0. The van der Waals surface area contributed by atoms with Crippen molar-refractivity contribution in [1.82, 2.24) is 0 Å². The normalized spacial score (nSPS) is 14.3. The van der Waals surface area contributed by atoms with Crippen LogP contribution in [0.25, 0.3) is 0 Å². The van der Waals surface area contributed by atoms with E-state index in [0.29, 0.717) is 5.56 Å². The Labute approximate surface area is 89.3 Å². The van der Waals surface area contributed by atoms with Gasteiger partial charge in [0.15, 0.2) is 0 Å². The van der Waals surface area contributed by atoms with Crippen molar-refractivity contribution in [2.45, 2.75) is 25.7 Å². The molecule has 0 amide bonds. The molecule has 3 heteroatoms. The average molecular weight is 213 g/mol. The number of nitrogens with two attached hydrogens (primary N) is 1. The number of halogens is 2. The van der Waals surface area contributed by atoms with Crippen molar-refractivity contribution in [2.24, 2.45) is 11.7 Å². The van der Waals surface area contributed by atoms with E-state index >= 15 is 0 Å². The van der Waals surface area contributed by atoms with Crippen LogP contribution < -0.4 is 5.73 Å². The zero-order valence-corrected chi connectivity index (χ0v) is 9.08. The molecule has 1 aromatic rings. The molecule has 84 valence electrons. The molecule has 1 rings (SSSR count). The lowest BCUT2D eigenvalue weighted by molar-refractivity contribution is -0.0324.